The summed E-state index contributed by atoms with van der Waals surface area (Å²) < 4.78 is 0. The van der Waals surface area contributed by atoms with Crippen LogP contribution in [0.3, 0.4) is 0 Å². The number of aryl methyl sites for hydroxylation is 2. The molecule has 42 heavy (non-hydrogen) atoms. The van der Waals surface area contributed by atoms with Gasteiger partial charge in [0.25, 0.3) is 0 Å². The van der Waals surface area contributed by atoms with Crippen molar-refractivity contribution in [2.45, 2.75) is 34.1 Å². The van der Waals surface area contributed by atoms with Crippen LogP contribution in [0, 0.1) is 19.8 Å². The van der Waals surface area contributed by atoms with E-state index in [0.29, 0.717) is 0 Å². The van der Waals surface area contributed by atoms with E-state index in [1.165, 1.54) is 49.2 Å². The zero-order chi connectivity index (χ0) is 29.5. The van der Waals surface area contributed by atoms with E-state index in [0.717, 1.165) is 23.1 Å². The zero-order valence-electron chi connectivity index (χ0n) is 25.1. The maximum absolute atomic E-state index is 4.89. The fourth-order valence-electron chi connectivity index (χ4n) is 5.59. The van der Waals surface area contributed by atoms with Crippen LogP contribution < -0.4 is 10.4 Å². The molecule has 0 radical (unpaired) electrons. The van der Waals surface area contributed by atoms with E-state index < -0.39 is 0 Å². The number of hydrogen-bond acceptors (Lipinski definition) is 1. The average Bonchev–Trinajstić information content (AvgIpc) is 3.03. The lowest BCUT2D eigenvalue weighted by Gasteiger charge is -2.19. The molecule has 0 amide bonds. The Kier molecular flexibility index (Phi) is 9.09. The van der Waals surface area contributed by atoms with E-state index in [4.69, 9.17) is 4.98 Å². The Morgan fingerprint density at radius 2 is 1.55 bits per heavy atom. The third-order valence-corrected chi connectivity index (χ3v) is 8.13. The van der Waals surface area contributed by atoms with Gasteiger partial charge in [0.2, 0.25) is 0 Å². The lowest BCUT2D eigenvalue weighted by Crippen LogP contribution is -2.23. The first-order chi connectivity index (χ1) is 20.5. The highest BCUT2D eigenvalue weighted by molar-refractivity contribution is 5.92. The first-order valence-electron chi connectivity index (χ1n) is 14.7. The second-order valence-corrected chi connectivity index (χ2v) is 10.9. The van der Waals surface area contributed by atoms with Crippen LogP contribution in [0.5, 0.6) is 0 Å². The molecule has 0 saturated carbocycles. The number of rotatable bonds is 8. The molecular weight excluding hydrogens is 506 g/mol. The average molecular weight is 546 g/mol. The van der Waals surface area contributed by atoms with Crippen molar-refractivity contribution >= 4 is 40.3 Å². The number of nitrogens with zero attached hydrogens (tertiary/aromatic N) is 1. The second-order valence-electron chi connectivity index (χ2n) is 10.9. The number of aromatic nitrogens is 1. The molecule has 1 heterocycles. The molecule has 4 aromatic carbocycles. The summed E-state index contributed by atoms with van der Waals surface area (Å²) in [6.07, 6.45) is 14.1. The molecule has 5 rings (SSSR count). The smallest absolute Gasteiger partial charge is 0.0740 e. The first-order valence-corrected chi connectivity index (χ1v) is 14.7. The Balaban J connectivity index is 1.58. The van der Waals surface area contributed by atoms with Crippen LogP contribution in [-0.4, -0.2) is 4.98 Å². The Hall–Kier alpha value is -4.75. The Bertz CT molecular complexity index is 1900. The maximum atomic E-state index is 4.89. The van der Waals surface area contributed by atoms with Crippen molar-refractivity contribution in [2.75, 3.05) is 0 Å². The van der Waals surface area contributed by atoms with Gasteiger partial charge in [0.15, 0.2) is 0 Å². The standard InChI is InChI=1S/C41H39N/c1-6-33-15-12-13-19-36(33)22-23-37-26-27-42-41-32(5)38(24-25-39(37)41)40(28-31(4)34-16-8-7-9-17-34)30(3)20-21-35-18-11-10-14-29(35)2/h6-22,24-28,30H,4,23H2,1-3,5H3/b21-20-,33-6-,36-22-,40-28-. The molecule has 1 aromatic heterocycles. The summed E-state index contributed by atoms with van der Waals surface area (Å²) in [4.78, 5) is 4.89. The van der Waals surface area contributed by atoms with Crippen molar-refractivity contribution in [2.24, 2.45) is 5.92 Å². The highest BCUT2D eigenvalue weighted by Gasteiger charge is 2.16. The monoisotopic (exact) mass is 545 g/mol. The van der Waals surface area contributed by atoms with Crippen LogP contribution in [-0.2, 0) is 6.42 Å². The molecule has 0 spiro atoms. The minimum Gasteiger partial charge on any atom is -0.256 e. The van der Waals surface area contributed by atoms with Gasteiger partial charge in [-0.15, -0.1) is 0 Å². The third kappa shape index (κ3) is 6.42. The van der Waals surface area contributed by atoms with Crippen LogP contribution >= 0.6 is 0 Å². The molecule has 5 aromatic rings. The minimum atomic E-state index is 0.166. The predicted molar refractivity (Wildman–Crippen MR) is 183 cm³/mol. The third-order valence-electron chi connectivity index (χ3n) is 8.13. The van der Waals surface area contributed by atoms with E-state index in [-0.39, 0.29) is 5.92 Å². The number of fused-ring (bicyclic) bond motifs is 1. The number of pyridine rings is 1. The largest absolute Gasteiger partial charge is 0.256 e. The van der Waals surface area contributed by atoms with Gasteiger partial charge in [-0.05, 0) is 94.1 Å². The molecule has 0 aliphatic rings. The van der Waals surface area contributed by atoms with Crippen LogP contribution in [0.1, 0.15) is 47.2 Å². The van der Waals surface area contributed by atoms with E-state index >= 15 is 0 Å². The van der Waals surface area contributed by atoms with Gasteiger partial charge in [-0.1, -0.05) is 135 Å². The van der Waals surface area contributed by atoms with E-state index in [9.17, 15) is 0 Å². The highest BCUT2D eigenvalue weighted by atomic mass is 14.7. The van der Waals surface area contributed by atoms with Crippen molar-refractivity contribution in [3.63, 3.8) is 0 Å². The molecule has 0 N–H and O–H groups in total. The van der Waals surface area contributed by atoms with Gasteiger partial charge in [0.05, 0.1) is 5.52 Å². The van der Waals surface area contributed by atoms with Crippen LogP contribution in [0.15, 0.2) is 122 Å². The summed E-state index contributed by atoms with van der Waals surface area (Å²) in [6.45, 7) is 13.2. The molecule has 1 unspecified atom stereocenters. The fraction of sp³-hybridized carbons (Fsp3) is 0.146. The van der Waals surface area contributed by atoms with E-state index in [2.05, 4.69) is 156 Å². The number of hydrogen-bond donors (Lipinski definition) is 0. The van der Waals surface area contributed by atoms with Crippen LogP contribution in [0.25, 0.3) is 40.3 Å². The molecule has 0 fully saturated rings. The second kappa shape index (κ2) is 13.3. The van der Waals surface area contributed by atoms with Gasteiger partial charge in [-0.3, -0.25) is 4.98 Å². The summed E-state index contributed by atoms with van der Waals surface area (Å²) in [7, 11) is 0. The lowest BCUT2D eigenvalue weighted by atomic mass is 9.86. The van der Waals surface area contributed by atoms with E-state index in [1.807, 2.05) is 12.3 Å². The quantitative estimate of drug-likeness (QED) is 0.177. The van der Waals surface area contributed by atoms with Crippen LogP contribution in [0.2, 0.25) is 0 Å². The molecule has 1 atom stereocenters. The van der Waals surface area contributed by atoms with E-state index in [1.54, 1.807) is 0 Å². The Morgan fingerprint density at radius 3 is 2.31 bits per heavy atom. The fourth-order valence-corrected chi connectivity index (χ4v) is 5.59. The molecule has 0 bridgehead atoms. The van der Waals surface area contributed by atoms with Gasteiger partial charge in [-0.25, -0.2) is 0 Å². The summed E-state index contributed by atoms with van der Waals surface area (Å²) in [5.74, 6) is 0.166. The molecule has 1 heteroatoms. The molecule has 0 aliphatic carbocycles. The normalized spacial score (nSPS) is 13.7. The molecule has 0 aliphatic heterocycles. The number of allylic oxidation sites excluding steroid dienone is 4. The molecule has 208 valence electrons. The zero-order valence-corrected chi connectivity index (χ0v) is 25.1. The highest BCUT2D eigenvalue weighted by Crippen LogP contribution is 2.34. The van der Waals surface area contributed by atoms with Crippen molar-refractivity contribution in [3.8, 4) is 0 Å². The maximum Gasteiger partial charge on any atom is 0.0740 e. The van der Waals surface area contributed by atoms with Crippen LogP contribution in [0.4, 0.5) is 0 Å². The molecule has 1 nitrogen and oxygen atoms in total. The van der Waals surface area contributed by atoms with Gasteiger partial charge in [0.1, 0.15) is 0 Å². The van der Waals surface area contributed by atoms with Gasteiger partial charge >= 0.3 is 0 Å². The van der Waals surface area contributed by atoms with Crippen molar-refractivity contribution in [1.29, 1.82) is 0 Å². The summed E-state index contributed by atoms with van der Waals surface area (Å²) in [6, 6.07) is 34.2. The topological polar surface area (TPSA) is 12.9 Å². The van der Waals surface area contributed by atoms with Gasteiger partial charge < -0.3 is 0 Å². The number of benzene rings is 4. The summed E-state index contributed by atoms with van der Waals surface area (Å²) in [5, 5.41) is 3.73. The van der Waals surface area contributed by atoms with Crippen molar-refractivity contribution in [3.05, 3.63) is 166 Å². The van der Waals surface area contributed by atoms with Gasteiger partial charge in [0, 0.05) is 11.6 Å². The lowest BCUT2D eigenvalue weighted by molar-refractivity contribution is 0.968. The Morgan fingerprint density at radius 1 is 0.833 bits per heavy atom. The minimum absolute atomic E-state index is 0.166. The Labute approximate surface area is 250 Å². The van der Waals surface area contributed by atoms with Crippen molar-refractivity contribution in [1.82, 2.24) is 4.98 Å². The predicted octanol–water partition coefficient (Wildman–Crippen LogP) is 9.12. The molecular formula is C41H39N. The van der Waals surface area contributed by atoms with Gasteiger partial charge in [-0.2, -0.15) is 0 Å². The van der Waals surface area contributed by atoms with Crippen molar-refractivity contribution < 1.29 is 0 Å². The summed E-state index contributed by atoms with van der Waals surface area (Å²) in [5.41, 5.74) is 10.6. The molecule has 0 saturated heterocycles. The SMILES string of the molecule is C=C(/C=C(\c1ccc2c(C/C=c3/cccc/c3=C/C)ccnc2c1C)C(C)/C=C\c1ccccc1C)c1ccccc1. The first kappa shape index (κ1) is 28.8. The summed E-state index contributed by atoms with van der Waals surface area (Å²) >= 11 is 0.